The van der Waals surface area contributed by atoms with Gasteiger partial charge in [0, 0.05) is 0 Å². The van der Waals surface area contributed by atoms with Crippen LogP contribution in [-0.2, 0) is 0 Å². The van der Waals surface area contributed by atoms with Crippen LogP contribution in [0.3, 0.4) is 0 Å². The van der Waals surface area contributed by atoms with Gasteiger partial charge < -0.3 is 10.2 Å². The first kappa shape index (κ1) is 5.41. The van der Waals surface area contributed by atoms with E-state index >= 15 is 0 Å². The largest absolute Gasteiger partial charge is 0.389 e. The van der Waals surface area contributed by atoms with Gasteiger partial charge in [-0.3, -0.25) is 0 Å². The molecule has 2 nitrogen and oxygen atoms in total. The van der Waals surface area contributed by atoms with E-state index in [9.17, 15) is 0 Å². The molecule has 1 unspecified atom stereocenters. The maximum Gasteiger partial charge on any atom is 0.177 e. The van der Waals surface area contributed by atoms with Crippen molar-refractivity contribution in [3.63, 3.8) is 0 Å². The van der Waals surface area contributed by atoms with Gasteiger partial charge in [0.15, 0.2) is 5.44 Å². The van der Waals surface area contributed by atoms with Crippen LogP contribution < -0.4 is 0 Å². The first-order valence-electron chi connectivity index (χ1n) is 2.17. The first-order valence-corrected chi connectivity index (χ1v) is 3.16. The Bertz CT molecular complexity index is 58.7. The van der Waals surface area contributed by atoms with Crippen molar-refractivity contribution in [1.29, 1.82) is 0 Å². The van der Waals surface area contributed by atoms with E-state index in [4.69, 9.17) is 10.2 Å². The molecule has 0 aromatic heterocycles. The van der Waals surface area contributed by atoms with Crippen LogP contribution in [0.4, 0.5) is 0 Å². The number of aliphatic hydroxyl groups is 2. The molecule has 41 valence electrons. The molecule has 1 aliphatic rings. The predicted octanol–water partition coefficient (Wildman–Crippen LogP) is 0.346. The predicted molar refractivity (Wildman–Crippen MR) is 28.3 cm³/mol. The van der Waals surface area contributed by atoms with Crippen LogP contribution >= 0.6 is 11.8 Å². The number of hydrogen-bond donors (Lipinski definition) is 2. The Kier molecular flexibility index (Phi) is 1.57. The van der Waals surface area contributed by atoms with E-state index in [1.165, 1.54) is 11.8 Å². The number of thioether (sulfide) groups is 1. The Morgan fingerprint density at radius 2 is 2.43 bits per heavy atom. The van der Waals surface area contributed by atoms with Gasteiger partial charge in [-0.25, -0.2) is 0 Å². The quantitative estimate of drug-likeness (QED) is 0.483. The summed E-state index contributed by atoms with van der Waals surface area (Å²) in [6, 6.07) is 0. The molecule has 0 bridgehead atoms. The molecule has 1 fully saturated rings. The van der Waals surface area contributed by atoms with Crippen molar-refractivity contribution in [3.05, 3.63) is 5.44 Å². The molecular weight excluding hydrogens is 112 g/mol. The van der Waals surface area contributed by atoms with Crippen LogP contribution in [0.5, 0.6) is 0 Å². The molecule has 1 atom stereocenters. The standard InChI is InChI=1S/C4H7O2S/c5-3-1-2-7-4(3)6/h3,5-6H,1-2H2. The molecule has 7 heavy (non-hydrogen) atoms. The molecular formula is C4H7O2S. The zero-order valence-electron chi connectivity index (χ0n) is 3.79. The summed E-state index contributed by atoms with van der Waals surface area (Å²) in [5.41, 5.74) is 0.181. The number of aliphatic hydroxyl groups excluding tert-OH is 2. The molecule has 0 aromatic carbocycles. The van der Waals surface area contributed by atoms with Crippen molar-refractivity contribution < 1.29 is 10.2 Å². The van der Waals surface area contributed by atoms with Crippen molar-refractivity contribution >= 4 is 11.8 Å². The highest BCUT2D eigenvalue weighted by Crippen LogP contribution is 2.30. The molecule has 1 radical (unpaired) electrons. The maximum absolute atomic E-state index is 8.69. The highest BCUT2D eigenvalue weighted by Gasteiger charge is 2.24. The lowest BCUT2D eigenvalue weighted by atomic mass is 10.3. The van der Waals surface area contributed by atoms with Crippen LogP contribution in [0.1, 0.15) is 6.42 Å². The lowest BCUT2D eigenvalue weighted by Gasteiger charge is -2.00. The molecule has 1 heterocycles. The summed E-state index contributed by atoms with van der Waals surface area (Å²) in [5, 5.41) is 17.3. The van der Waals surface area contributed by atoms with Crippen LogP contribution in [-0.4, -0.2) is 22.1 Å². The third-order valence-electron chi connectivity index (χ3n) is 0.926. The van der Waals surface area contributed by atoms with E-state index in [-0.39, 0.29) is 5.44 Å². The zero-order valence-corrected chi connectivity index (χ0v) is 4.61. The van der Waals surface area contributed by atoms with Gasteiger partial charge >= 0.3 is 0 Å². The Balaban J connectivity index is 2.33. The Hall–Kier alpha value is 0.270. The summed E-state index contributed by atoms with van der Waals surface area (Å²) in [6.45, 7) is 0. The van der Waals surface area contributed by atoms with Gasteiger partial charge in [-0.05, 0) is 12.2 Å². The summed E-state index contributed by atoms with van der Waals surface area (Å²) in [6.07, 6.45) is 0.154. The topological polar surface area (TPSA) is 40.5 Å². The first-order chi connectivity index (χ1) is 3.30. The second-order valence-electron chi connectivity index (χ2n) is 1.49. The summed E-state index contributed by atoms with van der Waals surface area (Å²) in [5.74, 6) is 0.854. The number of rotatable bonds is 0. The molecule has 0 amide bonds. The summed E-state index contributed by atoms with van der Waals surface area (Å²) < 4.78 is 0. The summed E-state index contributed by atoms with van der Waals surface area (Å²) in [4.78, 5) is 0. The molecule has 0 spiro atoms. The minimum absolute atomic E-state index is 0.181. The van der Waals surface area contributed by atoms with Crippen molar-refractivity contribution in [2.45, 2.75) is 12.5 Å². The second kappa shape index (κ2) is 2.03. The Morgan fingerprint density at radius 1 is 1.71 bits per heavy atom. The van der Waals surface area contributed by atoms with E-state index in [0.29, 0.717) is 6.42 Å². The average molecular weight is 119 g/mol. The van der Waals surface area contributed by atoms with Crippen molar-refractivity contribution in [3.8, 4) is 0 Å². The van der Waals surface area contributed by atoms with E-state index in [1.54, 1.807) is 0 Å². The molecule has 3 heteroatoms. The molecule has 0 aromatic rings. The van der Waals surface area contributed by atoms with Crippen molar-refractivity contribution in [2.24, 2.45) is 0 Å². The summed E-state index contributed by atoms with van der Waals surface area (Å²) >= 11 is 1.33. The molecule has 0 aliphatic carbocycles. The minimum atomic E-state index is -0.551. The van der Waals surface area contributed by atoms with Gasteiger partial charge in [0.05, 0.1) is 6.10 Å². The SMILES string of the molecule is O[C]1SCCC1O. The van der Waals surface area contributed by atoms with Gasteiger partial charge in [-0.2, -0.15) is 0 Å². The number of hydrogen-bond acceptors (Lipinski definition) is 3. The highest BCUT2D eigenvalue weighted by atomic mass is 32.2. The maximum atomic E-state index is 8.69. The monoisotopic (exact) mass is 119 g/mol. The fourth-order valence-corrected chi connectivity index (χ4v) is 1.36. The third kappa shape index (κ3) is 1.08. The molecule has 1 saturated heterocycles. The normalized spacial score (nSPS) is 34.3. The smallest absolute Gasteiger partial charge is 0.177 e. The fourth-order valence-electron chi connectivity index (χ4n) is 0.495. The molecule has 0 saturated carbocycles. The van der Waals surface area contributed by atoms with Crippen LogP contribution in [0.15, 0.2) is 0 Å². The van der Waals surface area contributed by atoms with E-state index < -0.39 is 6.10 Å². The fraction of sp³-hybridized carbons (Fsp3) is 0.750. The van der Waals surface area contributed by atoms with E-state index in [2.05, 4.69) is 0 Å². The van der Waals surface area contributed by atoms with Crippen LogP contribution in [0.25, 0.3) is 0 Å². The van der Waals surface area contributed by atoms with E-state index in [1.807, 2.05) is 0 Å². The van der Waals surface area contributed by atoms with Crippen LogP contribution in [0.2, 0.25) is 0 Å². The van der Waals surface area contributed by atoms with Gasteiger partial charge in [-0.15, -0.1) is 11.8 Å². The molecule has 1 rings (SSSR count). The molecule has 2 N–H and O–H groups in total. The second-order valence-corrected chi connectivity index (χ2v) is 2.61. The molecule has 1 aliphatic heterocycles. The zero-order chi connectivity index (χ0) is 5.28. The lowest BCUT2D eigenvalue weighted by Crippen LogP contribution is -2.07. The third-order valence-corrected chi connectivity index (χ3v) is 1.93. The van der Waals surface area contributed by atoms with Gasteiger partial charge in [0.2, 0.25) is 0 Å². The average Bonchev–Trinajstić information content (AvgIpc) is 1.91. The minimum Gasteiger partial charge on any atom is -0.389 e. The van der Waals surface area contributed by atoms with Crippen molar-refractivity contribution in [2.75, 3.05) is 5.75 Å². The van der Waals surface area contributed by atoms with E-state index in [0.717, 1.165) is 5.75 Å². The Morgan fingerprint density at radius 3 is 2.57 bits per heavy atom. The van der Waals surface area contributed by atoms with Gasteiger partial charge in [0.1, 0.15) is 0 Å². The Labute approximate surface area is 46.5 Å². The lowest BCUT2D eigenvalue weighted by molar-refractivity contribution is 0.138. The summed E-state index contributed by atoms with van der Waals surface area (Å²) in [7, 11) is 0. The highest BCUT2D eigenvalue weighted by molar-refractivity contribution is 8.02. The van der Waals surface area contributed by atoms with Gasteiger partial charge in [-0.1, -0.05) is 0 Å². The van der Waals surface area contributed by atoms with Crippen molar-refractivity contribution in [1.82, 2.24) is 0 Å². The van der Waals surface area contributed by atoms with Gasteiger partial charge in [0.25, 0.3) is 0 Å². The van der Waals surface area contributed by atoms with Crippen LogP contribution in [0, 0.1) is 5.44 Å².